The fourth-order valence-electron chi connectivity index (χ4n) is 6.72. The Bertz CT molecular complexity index is 2930. The molecule has 20 heteroatoms. The van der Waals surface area contributed by atoms with Crippen LogP contribution in [-0.4, -0.2) is 0 Å². The van der Waals surface area contributed by atoms with Crippen LogP contribution in [0.3, 0.4) is 0 Å². The number of rotatable bonds is 6. The summed E-state index contributed by atoms with van der Waals surface area (Å²) in [6, 6.07) is 5.61. The second-order valence-electron chi connectivity index (χ2n) is 13.5. The van der Waals surface area contributed by atoms with E-state index in [2.05, 4.69) is 0 Å². The van der Waals surface area contributed by atoms with E-state index in [4.69, 9.17) is 0 Å². The van der Waals surface area contributed by atoms with E-state index in [0.29, 0.717) is 30.3 Å². The molecule has 7 aromatic carbocycles. The van der Waals surface area contributed by atoms with Crippen LogP contribution in [0.1, 0.15) is 5.56 Å². The van der Waals surface area contributed by atoms with E-state index in [1.54, 1.807) is 0 Å². The van der Waals surface area contributed by atoms with Gasteiger partial charge in [-0.2, -0.15) is 0 Å². The van der Waals surface area contributed by atoms with Crippen LogP contribution in [0, 0.1) is 123 Å². The van der Waals surface area contributed by atoms with Gasteiger partial charge in [0.1, 0.15) is 0 Å². The van der Waals surface area contributed by atoms with Crippen LogP contribution in [0.4, 0.5) is 87.8 Å². The van der Waals surface area contributed by atoms with Gasteiger partial charge in [-0.25, -0.2) is 87.8 Å². The lowest BCUT2D eigenvalue weighted by Gasteiger charge is -2.17. The Morgan fingerprint density at radius 3 is 0.524 bits per heavy atom. The van der Waals surface area contributed by atoms with Crippen molar-refractivity contribution in [3.63, 3.8) is 0 Å². The highest BCUT2D eigenvalue weighted by molar-refractivity contribution is 5.87. The molecule has 0 atom stereocenters. The minimum atomic E-state index is -2.71. The van der Waals surface area contributed by atoms with Crippen LogP contribution in [-0.2, 0) is 0 Å². The van der Waals surface area contributed by atoms with Gasteiger partial charge in [0.25, 0.3) is 0 Å². The average Bonchev–Trinajstić information content (AvgIpc) is 3.26. The summed E-state index contributed by atoms with van der Waals surface area (Å²) in [4.78, 5) is 0. The van der Waals surface area contributed by atoms with Crippen molar-refractivity contribution in [3.8, 4) is 66.8 Å². The minimum absolute atomic E-state index is 0.0865. The zero-order chi connectivity index (χ0) is 46.4. The van der Waals surface area contributed by atoms with Crippen LogP contribution in [0.5, 0.6) is 0 Å². The Hall–Kier alpha value is -6.86. The van der Waals surface area contributed by atoms with Gasteiger partial charge < -0.3 is 0 Å². The monoisotopic (exact) mass is 908 g/mol. The molecule has 7 aromatic rings. The van der Waals surface area contributed by atoms with Gasteiger partial charge in [0.05, 0.1) is 22.3 Å². The second kappa shape index (κ2) is 15.8. The molecular weight excluding hydrogens is 896 g/mol. The smallest absolute Gasteiger partial charge is 0.200 e. The zero-order valence-corrected chi connectivity index (χ0v) is 30.3. The summed E-state index contributed by atoms with van der Waals surface area (Å²) >= 11 is 0. The maximum atomic E-state index is 15.4. The topological polar surface area (TPSA) is 0 Å². The van der Waals surface area contributed by atoms with Gasteiger partial charge in [-0.05, 0) is 99.5 Å². The number of hydrogen-bond donors (Lipinski definition) is 0. The van der Waals surface area contributed by atoms with Crippen molar-refractivity contribution in [1.82, 2.24) is 0 Å². The van der Waals surface area contributed by atoms with Gasteiger partial charge in [0.2, 0.25) is 23.3 Å². The van der Waals surface area contributed by atoms with Crippen LogP contribution < -0.4 is 0 Å². The van der Waals surface area contributed by atoms with E-state index >= 15 is 26.3 Å². The summed E-state index contributed by atoms with van der Waals surface area (Å²) in [6.45, 7) is 1.18. The molecule has 0 saturated carbocycles. The molecule has 0 saturated heterocycles. The molecule has 0 radical (unpaired) electrons. The maximum absolute atomic E-state index is 15.4. The van der Waals surface area contributed by atoms with Gasteiger partial charge in [-0.3, -0.25) is 0 Å². The van der Waals surface area contributed by atoms with Gasteiger partial charge in [-0.15, -0.1) is 0 Å². The van der Waals surface area contributed by atoms with Crippen LogP contribution in [0.15, 0.2) is 54.6 Å². The van der Waals surface area contributed by atoms with Gasteiger partial charge in [-0.1, -0.05) is 12.1 Å². The third-order valence-electron chi connectivity index (χ3n) is 9.60. The molecule has 63 heavy (non-hydrogen) atoms. The number of aryl methyl sites for hydroxylation is 1. The quantitative estimate of drug-likeness (QED) is 0.0886. The lowest BCUT2D eigenvalue weighted by Crippen LogP contribution is -2.06. The highest BCUT2D eigenvalue weighted by atomic mass is 19.2. The van der Waals surface area contributed by atoms with Crippen molar-refractivity contribution in [1.29, 1.82) is 0 Å². The lowest BCUT2D eigenvalue weighted by molar-refractivity contribution is 0.381. The Kier molecular flexibility index (Phi) is 11.1. The molecule has 0 heterocycles. The van der Waals surface area contributed by atoms with E-state index in [9.17, 15) is 61.5 Å². The van der Waals surface area contributed by atoms with E-state index < -0.39 is 183 Å². The van der Waals surface area contributed by atoms with Crippen molar-refractivity contribution in [2.24, 2.45) is 0 Å². The van der Waals surface area contributed by atoms with Crippen molar-refractivity contribution in [2.45, 2.75) is 6.92 Å². The van der Waals surface area contributed by atoms with Crippen molar-refractivity contribution >= 4 is 0 Å². The summed E-state index contributed by atoms with van der Waals surface area (Å²) < 4.78 is 294. The third kappa shape index (κ3) is 7.00. The summed E-state index contributed by atoms with van der Waals surface area (Å²) in [5.74, 6) is -51.2. The van der Waals surface area contributed by atoms with Crippen molar-refractivity contribution in [2.75, 3.05) is 0 Å². The molecule has 0 N–H and O–H groups in total. The number of hydrogen-bond acceptors (Lipinski definition) is 0. The molecule has 0 amide bonds. The van der Waals surface area contributed by atoms with Gasteiger partial charge >= 0.3 is 0 Å². The normalized spacial score (nSPS) is 11.6. The molecule has 0 aromatic heterocycles. The Balaban J connectivity index is 1.62. The van der Waals surface area contributed by atoms with E-state index in [-0.39, 0.29) is 11.6 Å². The van der Waals surface area contributed by atoms with E-state index in [0.717, 1.165) is 18.2 Å². The van der Waals surface area contributed by atoms with Crippen molar-refractivity contribution < 1.29 is 87.8 Å². The van der Waals surface area contributed by atoms with Crippen molar-refractivity contribution in [3.05, 3.63) is 177 Å². The second-order valence-corrected chi connectivity index (χ2v) is 13.5. The maximum Gasteiger partial charge on any atom is 0.200 e. The zero-order valence-electron chi connectivity index (χ0n) is 30.3. The Morgan fingerprint density at radius 1 is 0.175 bits per heavy atom. The van der Waals surface area contributed by atoms with Crippen LogP contribution in [0.2, 0.25) is 0 Å². The predicted molar refractivity (Wildman–Crippen MR) is 183 cm³/mol. The molecular formula is C43H12F20. The van der Waals surface area contributed by atoms with E-state index in [1.807, 2.05) is 0 Å². The fourth-order valence-corrected chi connectivity index (χ4v) is 6.72. The number of benzene rings is 7. The molecule has 7 rings (SSSR count). The summed E-state index contributed by atoms with van der Waals surface area (Å²) in [7, 11) is 0. The largest absolute Gasteiger partial charge is 0.203 e. The SMILES string of the molecule is Cc1cc(-c2cc(-c3cc(-c4c(F)c(F)c(F)c(F)c4F)cc(-c4c(F)c(F)c(F)c(F)c4F)c3)cc(-c3c(F)c(F)c(F)c(F)c3F)c2)cc(-c2c(F)c(F)c(F)c(F)c2F)c1. The highest BCUT2D eigenvalue weighted by Crippen LogP contribution is 2.44. The molecule has 0 aliphatic carbocycles. The summed E-state index contributed by atoms with van der Waals surface area (Å²) in [5.41, 5.74) is -14.2. The average molecular weight is 909 g/mol. The summed E-state index contributed by atoms with van der Waals surface area (Å²) in [6.07, 6.45) is 0. The highest BCUT2D eigenvalue weighted by Gasteiger charge is 2.32. The molecule has 0 nitrogen and oxygen atoms in total. The standard InChI is InChI=1S/C43H12F20/c1-11-2-12(5-16(3-11)20-24(44)32(52)40(60)33(53)25(20)45)13-4-14(7-17(6-13)21-26(46)34(54)41(61)35(55)27(21)47)15-8-18(22-28(48)36(56)42(62)37(57)29(22)49)10-19(9-15)23-30(50)38(58)43(63)39(59)31(23)51/h2-10H,1H3. The summed E-state index contributed by atoms with van der Waals surface area (Å²) in [5, 5.41) is 0. The van der Waals surface area contributed by atoms with Crippen LogP contribution >= 0.6 is 0 Å². The number of halogens is 20. The first-order valence-electron chi connectivity index (χ1n) is 17.0. The fraction of sp³-hybridized carbons (Fsp3) is 0.0233. The molecule has 0 fully saturated rings. The van der Waals surface area contributed by atoms with E-state index in [1.165, 1.54) is 6.92 Å². The Labute approximate surface area is 337 Å². The predicted octanol–water partition coefficient (Wildman–Crippen LogP) is 14.8. The Morgan fingerprint density at radius 2 is 0.302 bits per heavy atom. The molecule has 0 unspecified atom stereocenters. The lowest BCUT2D eigenvalue weighted by atomic mass is 9.88. The molecule has 0 spiro atoms. The first-order chi connectivity index (χ1) is 29.5. The molecule has 0 bridgehead atoms. The first-order valence-corrected chi connectivity index (χ1v) is 17.0. The minimum Gasteiger partial charge on any atom is -0.203 e. The molecule has 0 aliphatic heterocycles. The first kappa shape index (κ1) is 44.2. The van der Waals surface area contributed by atoms with Gasteiger partial charge in [0.15, 0.2) is 93.1 Å². The third-order valence-corrected chi connectivity index (χ3v) is 9.60. The molecule has 324 valence electrons. The van der Waals surface area contributed by atoms with Gasteiger partial charge in [0, 0.05) is 0 Å². The van der Waals surface area contributed by atoms with Crippen LogP contribution in [0.25, 0.3) is 66.8 Å². The molecule has 0 aliphatic rings.